The van der Waals surface area contributed by atoms with Gasteiger partial charge in [0.25, 0.3) is 0 Å². The summed E-state index contributed by atoms with van der Waals surface area (Å²) in [5.41, 5.74) is 2.91. The zero-order valence-corrected chi connectivity index (χ0v) is 16.8. The fourth-order valence-electron chi connectivity index (χ4n) is 4.36. The number of nitrogens with zero attached hydrogens (tertiary/aromatic N) is 1. The van der Waals surface area contributed by atoms with Crippen LogP contribution in [0.15, 0.2) is 41.3 Å². The topological polar surface area (TPSA) is 3.24 Å². The monoisotopic (exact) mass is 357 g/mol. The van der Waals surface area contributed by atoms with E-state index >= 15 is 0 Å². The van der Waals surface area contributed by atoms with Gasteiger partial charge in [0.1, 0.15) is 5.37 Å². The molecule has 0 aromatic heterocycles. The molecule has 1 aromatic carbocycles. The Bertz CT molecular complexity index is 547. The second-order valence-corrected chi connectivity index (χ2v) is 8.94. The molecule has 1 saturated carbocycles. The average molecular weight is 358 g/mol. The lowest BCUT2D eigenvalue weighted by molar-refractivity contribution is 0.415. The van der Waals surface area contributed by atoms with Gasteiger partial charge in [0.15, 0.2) is 0 Å². The Kier molecular flexibility index (Phi) is 7.34. The third kappa shape index (κ3) is 4.84. The standard InChI is InChI=1S/C23H35NS/c1-3-4-5-6-7-9-14-19(2)23-24(20-15-10-8-11-16-20)21-17-12-13-18-22(21)25-23/h12-13,17-18,20,23H,2-11,14-16H2,1H3. The minimum atomic E-state index is 0.469. The van der Waals surface area contributed by atoms with Gasteiger partial charge in [-0.05, 0) is 43.4 Å². The Balaban J connectivity index is 1.60. The molecule has 2 aliphatic rings. The van der Waals surface area contributed by atoms with E-state index in [-0.39, 0.29) is 0 Å². The van der Waals surface area contributed by atoms with Crippen LogP contribution in [-0.2, 0) is 0 Å². The van der Waals surface area contributed by atoms with Crippen molar-refractivity contribution in [3.8, 4) is 0 Å². The third-order valence-corrected chi connectivity index (χ3v) is 7.19. The van der Waals surface area contributed by atoms with Crippen molar-refractivity contribution in [3.05, 3.63) is 36.4 Å². The van der Waals surface area contributed by atoms with Gasteiger partial charge < -0.3 is 4.90 Å². The molecule has 2 heteroatoms. The first-order valence-corrected chi connectivity index (χ1v) is 11.4. The summed E-state index contributed by atoms with van der Waals surface area (Å²) < 4.78 is 0. The molecule has 0 amide bonds. The van der Waals surface area contributed by atoms with E-state index in [2.05, 4.69) is 42.7 Å². The molecule has 0 bridgehead atoms. The number of fused-ring (bicyclic) bond motifs is 1. The normalized spacial score (nSPS) is 20.7. The quantitative estimate of drug-likeness (QED) is 0.331. The molecule has 1 nitrogen and oxygen atoms in total. The van der Waals surface area contributed by atoms with Crippen LogP contribution < -0.4 is 4.90 Å². The van der Waals surface area contributed by atoms with E-state index < -0.39 is 0 Å². The van der Waals surface area contributed by atoms with E-state index in [1.54, 1.807) is 0 Å². The SMILES string of the molecule is C=C(CCCCCCCC)C1Sc2ccccc2N1C1CCCCC1. The highest BCUT2D eigenvalue weighted by atomic mass is 32.2. The van der Waals surface area contributed by atoms with Gasteiger partial charge in [0.05, 0.1) is 5.69 Å². The van der Waals surface area contributed by atoms with Gasteiger partial charge in [-0.2, -0.15) is 0 Å². The number of anilines is 1. The molecule has 1 aromatic rings. The maximum atomic E-state index is 4.54. The Morgan fingerprint density at radius 1 is 1.04 bits per heavy atom. The van der Waals surface area contributed by atoms with Crippen LogP contribution in [0, 0.1) is 0 Å². The van der Waals surface area contributed by atoms with Crippen molar-refractivity contribution in [2.24, 2.45) is 0 Å². The molecule has 138 valence electrons. The predicted molar refractivity (Wildman–Crippen MR) is 113 cm³/mol. The summed E-state index contributed by atoms with van der Waals surface area (Å²) in [5, 5.41) is 0.469. The van der Waals surface area contributed by atoms with Crippen molar-refractivity contribution in [2.75, 3.05) is 4.90 Å². The molecular weight excluding hydrogens is 322 g/mol. The van der Waals surface area contributed by atoms with Crippen molar-refractivity contribution < 1.29 is 0 Å². The summed E-state index contributed by atoms with van der Waals surface area (Å²) in [7, 11) is 0. The smallest absolute Gasteiger partial charge is 0.101 e. The van der Waals surface area contributed by atoms with E-state index in [9.17, 15) is 0 Å². The number of thioether (sulfide) groups is 1. The highest BCUT2D eigenvalue weighted by Crippen LogP contribution is 2.49. The van der Waals surface area contributed by atoms with Gasteiger partial charge in [0, 0.05) is 10.9 Å². The molecule has 0 spiro atoms. The number of para-hydroxylation sites is 1. The largest absolute Gasteiger partial charge is 0.352 e. The Morgan fingerprint density at radius 3 is 2.56 bits per heavy atom. The minimum absolute atomic E-state index is 0.469. The maximum Gasteiger partial charge on any atom is 0.101 e. The zero-order chi connectivity index (χ0) is 17.5. The molecule has 0 saturated heterocycles. The molecule has 1 heterocycles. The Labute approximate surface area is 159 Å². The maximum absolute atomic E-state index is 4.54. The van der Waals surface area contributed by atoms with Gasteiger partial charge in [-0.1, -0.05) is 88.8 Å². The first-order valence-electron chi connectivity index (χ1n) is 10.5. The van der Waals surface area contributed by atoms with Crippen LogP contribution in [0.5, 0.6) is 0 Å². The van der Waals surface area contributed by atoms with E-state index in [1.165, 1.54) is 93.2 Å². The summed E-state index contributed by atoms with van der Waals surface area (Å²) in [6.45, 7) is 6.82. The fraction of sp³-hybridized carbons (Fsp3) is 0.652. The molecule has 1 aliphatic heterocycles. The van der Waals surface area contributed by atoms with Crippen LogP contribution >= 0.6 is 11.8 Å². The fourth-order valence-corrected chi connectivity index (χ4v) is 5.73. The lowest BCUT2D eigenvalue weighted by Gasteiger charge is -2.38. The van der Waals surface area contributed by atoms with E-state index in [4.69, 9.17) is 0 Å². The van der Waals surface area contributed by atoms with E-state index in [0.717, 1.165) is 6.04 Å². The summed E-state index contributed by atoms with van der Waals surface area (Å²) in [5.74, 6) is 0. The van der Waals surface area contributed by atoms with E-state index in [1.807, 2.05) is 11.8 Å². The summed E-state index contributed by atoms with van der Waals surface area (Å²) >= 11 is 2.04. The van der Waals surface area contributed by atoms with E-state index in [0.29, 0.717) is 5.37 Å². The highest BCUT2D eigenvalue weighted by Gasteiger charge is 2.36. The number of hydrogen-bond acceptors (Lipinski definition) is 2. The van der Waals surface area contributed by atoms with Crippen LogP contribution in [0.3, 0.4) is 0 Å². The van der Waals surface area contributed by atoms with Crippen molar-refractivity contribution in [3.63, 3.8) is 0 Å². The van der Waals surface area contributed by atoms with Crippen molar-refractivity contribution in [1.29, 1.82) is 0 Å². The Morgan fingerprint density at radius 2 is 1.76 bits per heavy atom. The van der Waals surface area contributed by atoms with Gasteiger partial charge in [-0.15, -0.1) is 0 Å². The van der Waals surface area contributed by atoms with Crippen LogP contribution in [0.2, 0.25) is 0 Å². The molecule has 3 rings (SSSR count). The van der Waals surface area contributed by atoms with Gasteiger partial charge in [0.2, 0.25) is 0 Å². The molecule has 1 unspecified atom stereocenters. The number of benzene rings is 1. The number of unbranched alkanes of at least 4 members (excludes halogenated alkanes) is 5. The zero-order valence-electron chi connectivity index (χ0n) is 16.0. The molecule has 0 radical (unpaired) electrons. The molecular formula is C23H35NS. The Hall–Kier alpha value is -0.890. The van der Waals surface area contributed by atoms with Crippen LogP contribution in [0.25, 0.3) is 0 Å². The van der Waals surface area contributed by atoms with Crippen LogP contribution in [-0.4, -0.2) is 11.4 Å². The van der Waals surface area contributed by atoms with Crippen molar-refractivity contribution >= 4 is 17.4 Å². The average Bonchev–Trinajstić information content (AvgIpc) is 3.05. The van der Waals surface area contributed by atoms with Gasteiger partial charge in [-0.3, -0.25) is 0 Å². The molecule has 1 atom stereocenters. The minimum Gasteiger partial charge on any atom is -0.352 e. The summed E-state index contributed by atoms with van der Waals surface area (Å²) in [6.07, 6.45) is 16.3. The molecule has 1 aliphatic carbocycles. The third-order valence-electron chi connectivity index (χ3n) is 5.80. The van der Waals surface area contributed by atoms with Crippen LogP contribution in [0.4, 0.5) is 5.69 Å². The molecule has 1 fully saturated rings. The van der Waals surface area contributed by atoms with Crippen molar-refractivity contribution in [1.82, 2.24) is 0 Å². The second kappa shape index (κ2) is 9.71. The summed E-state index contributed by atoms with van der Waals surface area (Å²) in [6, 6.07) is 9.73. The predicted octanol–water partition coefficient (Wildman–Crippen LogP) is 7.56. The lowest BCUT2D eigenvalue weighted by Crippen LogP contribution is -2.41. The number of rotatable bonds is 9. The summed E-state index contributed by atoms with van der Waals surface area (Å²) in [4.78, 5) is 4.20. The molecule has 25 heavy (non-hydrogen) atoms. The van der Waals surface area contributed by atoms with Crippen molar-refractivity contribution in [2.45, 2.75) is 100 Å². The van der Waals surface area contributed by atoms with Crippen LogP contribution in [0.1, 0.15) is 84.0 Å². The van der Waals surface area contributed by atoms with Gasteiger partial charge in [-0.25, -0.2) is 0 Å². The molecule has 0 N–H and O–H groups in total. The lowest BCUT2D eigenvalue weighted by atomic mass is 9.93. The first kappa shape index (κ1) is 18.9. The number of hydrogen-bond donors (Lipinski definition) is 0. The second-order valence-electron chi connectivity index (χ2n) is 7.81. The van der Waals surface area contributed by atoms with Gasteiger partial charge >= 0.3 is 0 Å². The first-order chi connectivity index (χ1) is 12.3. The highest BCUT2D eigenvalue weighted by molar-refractivity contribution is 8.00.